The molecule has 1 aromatic heterocycles. The van der Waals surface area contributed by atoms with Crippen LogP contribution in [0.1, 0.15) is 11.7 Å². The summed E-state index contributed by atoms with van der Waals surface area (Å²) in [6.45, 7) is 0.594. The number of nitrogens with zero attached hydrogens (tertiary/aromatic N) is 3. The van der Waals surface area contributed by atoms with Crippen LogP contribution in [0.4, 0.5) is 5.69 Å². The molecule has 0 saturated carbocycles. The Hall–Kier alpha value is -2.17. The van der Waals surface area contributed by atoms with E-state index in [2.05, 4.69) is 4.98 Å². The van der Waals surface area contributed by atoms with E-state index < -0.39 is 0 Å². The van der Waals surface area contributed by atoms with Crippen LogP contribution in [0.2, 0.25) is 10.0 Å². The summed E-state index contributed by atoms with van der Waals surface area (Å²) in [6, 6.07) is 13.4. The molecule has 0 aliphatic rings. The van der Waals surface area contributed by atoms with Gasteiger partial charge < -0.3 is 14.2 Å². The van der Waals surface area contributed by atoms with Gasteiger partial charge in [0.25, 0.3) is 0 Å². The van der Waals surface area contributed by atoms with Gasteiger partial charge in [-0.3, -0.25) is 0 Å². The van der Waals surface area contributed by atoms with Crippen LogP contribution in [0.5, 0.6) is 5.75 Å². The summed E-state index contributed by atoms with van der Waals surface area (Å²) >= 11 is 12.4. The van der Waals surface area contributed by atoms with Gasteiger partial charge in [0.1, 0.15) is 11.9 Å². The summed E-state index contributed by atoms with van der Waals surface area (Å²) in [5.74, 6) is 0.779. The van der Waals surface area contributed by atoms with Gasteiger partial charge >= 0.3 is 0 Å². The molecule has 0 bridgehead atoms. The van der Waals surface area contributed by atoms with Crippen LogP contribution in [-0.4, -0.2) is 23.6 Å². The third kappa shape index (κ3) is 4.47. The topological polar surface area (TPSA) is 30.3 Å². The summed E-state index contributed by atoms with van der Waals surface area (Å²) in [5, 5.41) is 1.19. The monoisotopic (exact) mass is 375 g/mol. The highest BCUT2D eigenvalue weighted by molar-refractivity contribution is 6.35. The van der Waals surface area contributed by atoms with Crippen molar-refractivity contribution in [2.75, 3.05) is 19.0 Å². The van der Waals surface area contributed by atoms with Crippen molar-refractivity contribution in [3.05, 3.63) is 76.8 Å². The Morgan fingerprint density at radius 2 is 1.88 bits per heavy atom. The summed E-state index contributed by atoms with van der Waals surface area (Å²) in [4.78, 5) is 6.14. The fourth-order valence-electron chi connectivity index (χ4n) is 2.54. The molecule has 0 fully saturated rings. The summed E-state index contributed by atoms with van der Waals surface area (Å²) in [7, 11) is 4.01. The van der Waals surface area contributed by atoms with Crippen LogP contribution in [0.25, 0.3) is 0 Å². The summed E-state index contributed by atoms with van der Waals surface area (Å²) < 4.78 is 8.20. The Kier molecular flexibility index (Phi) is 5.51. The van der Waals surface area contributed by atoms with Crippen LogP contribution in [-0.2, 0) is 6.54 Å². The standard InChI is InChI=1S/C19H19Cl2N3O/c1-23(2)15-4-6-16(7-5-15)25-19(12-24-10-9-22-13-24)17-8-3-14(20)11-18(17)21/h3-11,13,19H,12H2,1-2H3. The molecule has 0 N–H and O–H groups in total. The number of halogens is 2. The van der Waals surface area contributed by atoms with E-state index in [9.17, 15) is 0 Å². The van der Waals surface area contributed by atoms with Crippen molar-refractivity contribution in [3.8, 4) is 5.75 Å². The fourth-order valence-corrected chi connectivity index (χ4v) is 3.07. The molecule has 2 aromatic carbocycles. The highest BCUT2D eigenvalue weighted by Crippen LogP contribution is 2.31. The largest absolute Gasteiger partial charge is 0.484 e. The Bertz CT molecular complexity index is 817. The van der Waals surface area contributed by atoms with Crippen LogP contribution >= 0.6 is 23.2 Å². The molecule has 0 aliphatic carbocycles. The van der Waals surface area contributed by atoms with Crippen molar-refractivity contribution in [2.45, 2.75) is 12.6 Å². The van der Waals surface area contributed by atoms with Crippen molar-refractivity contribution in [1.29, 1.82) is 0 Å². The van der Waals surface area contributed by atoms with E-state index in [-0.39, 0.29) is 6.10 Å². The zero-order valence-electron chi connectivity index (χ0n) is 14.1. The number of anilines is 1. The van der Waals surface area contributed by atoms with Crippen molar-refractivity contribution in [3.63, 3.8) is 0 Å². The van der Waals surface area contributed by atoms with Gasteiger partial charge in [0.05, 0.1) is 12.9 Å². The van der Waals surface area contributed by atoms with Crippen LogP contribution in [0.15, 0.2) is 61.2 Å². The first-order valence-corrected chi connectivity index (χ1v) is 8.63. The van der Waals surface area contributed by atoms with E-state index in [1.54, 1.807) is 18.6 Å². The van der Waals surface area contributed by atoms with Gasteiger partial charge in [0.2, 0.25) is 0 Å². The predicted octanol–water partition coefficient (Wildman–Crippen LogP) is 5.08. The number of hydrogen-bond acceptors (Lipinski definition) is 3. The molecule has 0 saturated heterocycles. The first-order chi connectivity index (χ1) is 12.0. The lowest BCUT2D eigenvalue weighted by Gasteiger charge is -2.22. The Morgan fingerprint density at radius 1 is 1.12 bits per heavy atom. The van der Waals surface area contributed by atoms with Gasteiger partial charge in [0, 0.05) is 47.8 Å². The van der Waals surface area contributed by atoms with Crippen molar-refractivity contribution < 1.29 is 4.74 Å². The maximum atomic E-state index is 6.40. The molecule has 0 amide bonds. The first kappa shape index (κ1) is 17.6. The van der Waals surface area contributed by atoms with E-state index in [0.29, 0.717) is 16.6 Å². The van der Waals surface area contributed by atoms with E-state index >= 15 is 0 Å². The molecule has 6 heteroatoms. The Balaban J connectivity index is 1.87. The molecule has 4 nitrogen and oxygen atoms in total. The fraction of sp³-hybridized carbons (Fsp3) is 0.211. The van der Waals surface area contributed by atoms with Crippen molar-refractivity contribution in [1.82, 2.24) is 9.55 Å². The van der Waals surface area contributed by atoms with Gasteiger partial charge in [-0.25, -0.2) is 4.98 Å². The molecule has 0 spiro atoms. The molecule has 130 valence electrons. The quantitative estimate of drug-likeness (QED) is 0.601. The molecule has 0 radical (unpaired) electrons. The number of hydrogen-bond donors (Lipinski definition) is 0. The molecular weight excluding hydrogens is 357 g/mol. The van der Waals surface area contributed by atoms with Crippen molar-refractivity contribution in [2.24, 2.45) is 0 Å². The minimum absolute atomic E-state index is 0.260. The van der Waals surface area contributed by atoms with Crippen molar-refractivity contribution >= 4 is 28.9 Å². The lowest BCUT2D eigenvalue weighted by atomic mass is 10.1. The number of benzene rings is 2. The zero-order valence-corrected chi connectivity index (χ0v) is 15.6. The molecule has 0 aliphatic heterocycles. The molecule has 25 heavy (non-hydrogen) atoms. The minimum Gasteiger partial charge on any atom is -0.484 e. The third-order valence-electron chi connectivity index (χ3n) is 3.88. The predicted molar refractivity (Wildman–Crippen MR) is 103 cm³/mol. The summed E-state index contributed by atoms with van der Waals surface area (Å²) in [5.41, 5.74) is 2.00. The normalized spacial score (nSPS) is 12.0. The Labute approximate surface area is 157 Å². The van der Waals surface area contributed by atoms with Gasteiger partial charge in [-0.05, 0) is 36.4 Å². The second kappa shape index (κ2) is 7.81. The average molecular weight is 376 g/mol. The molecule has 3 aromatic rings. The molecule has 1 unspecified atom stereocenters. The second-order valence-electron chi connectivity index (χ2n) is 5.92. The Morgan fingerprint density at radius 3 is 2.48 bits per heavy atom. The third-order valence-corrected chi connectivity index (χ3v) is 4.44. The smallest absolute Gasteiger partial charge is 0.143 e. The van der Waals surface area contributed by atoms with Gasteiger partial charge in [0.15, 0.2) is 0 Å². The maximum Gasteiger partial charge on any atom is 0.143 e. The molecule has 3 rings (SSSR count). The van der Waals surface area contributed by atoms with E-state index in [1.807, 2.05) is 66.2 Å². The number of imidazole rings is 1. The van der Waals surface area contributed by atoms with Crippen LogP contribution in [0.3, 0.4) is 0 Å². The maximum absolute atomic E-state index is 6.40. The SMILES string of the molecule is CN(C)c1ccc(OC(Cn2ccnc2)c2ccc(Cl)cc2Cl)cc1. The lowest BCUT2D eigenvalue weighted by Crippen LogP contribution is -2.15. The van der Waals surface area contributed by atoms with Gasteiger partial charge in [-0.1, -0.05) is 29.3 Å². The van der Waals surface area contributed by atoms with Gasteiger partial charge in [-0.15, -0.1) is 0 Å². The second-order valence-corrected chi connectivity index (χ2v) is 6.76. The van der Waals surface area contributed by atoms with E-state index in [0.717, 1.165) is 17.0 Å². The molecular formula is C19H19Cl2N3O. The molecule has 1 atom stereocenters. The summed E-state index contributed by atoms with van der Waals surface area (Å²) in [6.07, 6.45) is 5.14. The number of aromatic nitrogens is 2. The highest BCUT2D eigenvalue weighted by Gasteiger charge is 2.18. The van der Waals surface area contributed by atoms with E-state index in [1.165, 1.54) is 0 Å². The lowest BCUT2D eigenvalue weighted by molar-refractivity contribution is 0.183. The average Bonchev–Trinajstić information content (AvgIpc) is 3.08. The highest BCUT2D eigenvalue weighted by atomic mass is 35.5. The minimum atomic E-state index is -0.260. The molecule has 1 heterocycles. The van der Waals surface area contributed by atoms with Gasteiger partial charge in [-0.2, -0.15) is 0 Å². The van der Waals surface area contributed by atoms with E-state index in [4.69, 9.17) is 27.9 Å². The number of ether oxygens (including phenoxy) is 1. The zero-order chi connectivity index (χ0) is 17.8. The van der Waals surface area contributed by atoms with Crippen LogP contribution < -0.4 is 9.64 Å². The first-order valence-electron chi connectivity index (χ1n) is 7.87. The van der Waals surface area contributed by atoms with Crippen LogP contribution in [0, 0.1) is 0 Å². The number of rotatable bonds is 6.